The number of benzene rings is 1. The van der Waals surface area contributed by atoms with Crippen LogP contribution in [0.3, 0.4) is 0 Å². The quantitative estimate of drug-likeness (QED) is 0.685. The number of nitrogens with two attached hydrogens (primary N) is 1. The zero-order chi connectivity index (χ0) is 15.3. The minimum Gasteiger partial charge on any atom is -0.483 e. The first-order valence-electron chi connectivity index (χ1n) is 6.36. The van der Waals surface area contributed by atoms with E-state index in [0.29, 0.717) is 11.6 Å². The van der Waals surface area contributed by atoms with Gasteiger partial charge in [-0.3, -0.25) is 4.79 Å². The molecule has 0 fully saturated rings. The summed E-state index contributed by atoms with van der Waals surface area (Å²) in [5.74, 6) is -1.04. The summed E-state index contributed by atoms with van der Waals surface area (Å²) in [4.78, 5) is 22.7. The molecule has 1 unspecified atom stereocenters. The third-order valence-corrected chi connectivity index (χ3v) is 2.98. The fourth-order valence-corrected chi connectivity index (χ4v) is 1.44. The Bertz CT molecular complexity index is 500. The molecule has 0 aromatic heterocycles. The first-order chi connectivity index (χ1) is 9.31. The standard InChI is InChI=1S/C14H20N2O4/c1-8(2)9(3)16-13(17)7-20-12-6-10(15)4-5-11(12)14(18)19/h4-6,8-9H,7,15H2,1-3H3,(H,16,17)(H,18,19). The van der Waals surface area contributed by atoms with Crippen molar-refractivity contribution in [2.45, 2.75) is 26.8 Å². The van der Waals surface area contributed by atoms with Crippen LogP contribution in [-0.4, -0.2) is 29.6 Å². The third kappa shape index (κ3) is 4.46. The second kappa shape index (κ2) is 6.79. The normalized spacial score (nSPS) is 12.0. The SMILES string of the molecule is CC(C)C(C)NC(=O)COc1cc(N)ccc1C(=O)O. The van der Waals surface area contributed by atoms with Crippen LogP contribution >= 0.6 is 0 Å². The summed E-state index contributed by atoms with van der Waals surface area (Å²) in [6.45, 7) is 5.63. The highest BCUT2D eigenvalue weighted by atomic mass is 16.5. The molecule has 0 heterocycles. The van der Waals surface area contributed by atoms with Crippen molar-refractivity contribution < 1.29 is 19.4 Å². The average Bonchev–Trinajstić information content (AvgIpc) is 2.35. The molecule has 6 heteroatoms. The van der Waals surface area contributed by atoms with Crippen molar-refractivity contribution >= 4 is 17.6 Å². The van der Waals surface area contributed by atoms with E-state index in [-0.39, 0.29) is 29.9 Å². The van der Waals surface area contributed by atoms with Crippen molar-refractivity contribution in [3.63, 3.8) is 0 Å². The van der Waals surface area contributed by atoms with Crippen molar-refractivity contribution in [1.29, 1.82) is 0 Å². The number of carboxylic acid groups (broad SMARTS) is 1. The highest BCUT2D eigenvalue weighted by molar-refractivity contribution is 5.91. The summed E-state index contributed by atoms with van der Waals surface area (Å²) in [5.41, 5.74) is 5.93. The molecule has 4 N–H and O–H groups in total. The topological polar surface area (TPSA) is 102 Å². The highest BCUT2D eigenvalue weighted by Crippen LogP contribution is 2.21. The van der Waals surface area contributed by atoms with Crippen molar-refractivity contribution in [3.8, 4) is 5.75 Å². The third-order valence-electron chi connectivity index (χ3n) is 2.98. The Morgan fingerprint density at radius 2 is 2.00 bits per heavy atom. The van der Waals surface area contributed by atoms with Gasteiger partial charge in [-0.05, 0) is 25.0 Å². The van der Waals surface area contributed by atoms with E-state index in [1.807, 2.05) is 20.8 Å². The van der Waals surface area contributed by atoms with E-state index in [4.69, 9.17) is 15.6 Å². The number of nitrogen functional groups attached to an aromatic ring is 1. The molecular weight excluding hydrogens is 260 g/mol. The van der Waals surface area contributed by atoms with Gasteiger partial charge in [0.25, 0.3) is 5.91 Å². The van der Waals surface area contributed by atoms with Crippen LogP contribution in [0.5, 0.6) is 5.75 Å². The molecule has 0 aliphatic heterocycles. The van der Waals surface area contributed by atoms with Crippen LogP contribution in [0.4, 0.5) is 5.69 Å². The number of ether oxygens (including phenoxy) is 1. The van der Waals surface area contributed by atoms with E-state index in [9.17, 15) is 9.59 Å². The van der Waals surface area contributed by atoms with E-state index in [2.05, 4.69) is 5.32 Å². The Kier molecular flexibility index (Phi) is 5.37. The maximum atomic E-state index is 11.7. The minimum absolute atomic E-state index is 0.0193. The molecular formula is C14H20N2O4. The lowest BCUT2D eigenvalue weighted by Crippen LogP contribution is -2.39. The van der Waals surface area contributed by atoms with Crippen LogP contribution in [0.15, 0.2) is 18.2 Å². The van der Waals surface area contributed by atoms with Crippen LogP contribution < -0.4 is 15.8 Å². The number of amides is 1. The first-order valence-corrected chi connectivity index (χ1v) is 6.36. The van der Waals surface area contributed by atoms with Crippen LogP contribution in [0, 0.1) is 5.92 Å². The Balaban J connectivity index is 2.68. The molecule has 0 aliphatic rings. The average molecular weight is 280 g/mol. The van der Waals surface area contributed by atoms with Gasteiger partial charge in [-0.1, -0.05) is 13.8 Å². The lowest BCUT2D eigenvalue weighted by atomic mass is 10.1. The van der Waals surface area contributed by atoms with Gasteiger partial charge in [0, 0.05) is 17.8 Å². The highest BCUT2D eigenvalue weighted by Gasteiger charge is 2.15. The van der Waals surface area contributed by atoms with Gasteiger partial charge < -0.3 is 20.9 Å². The number of carboxylic acids is 1. The molecule has 1 aromatic carbocycles. The Labute approximate surface area is 117 Å². The number of carbonyl (C=O) groups is 2. The number of nitrogens with one attached hydrogen (secondary N) is 1. The largest absolute Gasteiger partial charge is 0.483 e. The second-order valence-electron chi connectivity index (χ2n) is 4.95. The lowest BCUT2D eigenvalue weighted by Gasteiger charge is -2.17. The van der Waals surface area contributed by atoms with Crippen molar-refractivity contribution in [2.24, 2.45) is 5.92 Å². The number of carbonyl (C=O) groups excluding carboxylic acids is 1. The molecule has 0 saturated heterocycles. The van der Waals surface area contributed by atoms with Gasteiger partial charge >= 0.3 is 5.97 Å². The molecule has 0 spiro atoms. The number of aromatic carboxylic acids is 1. The second-order valence-corrected chi connectivity index (χ2v) is 4.95. The molecule has 20 heavy (non-hydrogen) atoms. The smallest absolute Gasteiger partial charge is 0.339 e. The van der Waals surface area contributed by atoms with Gasteiger partial charge in [-0.15, -0.1) is 0 Å². The molecule has 110 valence electrons. The van der Waals surface area contributed by atoms with Crippen LogP contribution in [0.2, 0.25) is 0 Å². The first kappa shape index (κ1) is 15.8. The monoisotopic (exact) mass is 280 g/mol. The van der Waals surface area contributed by atoms with Crippen LogP contribution in [-0.2, 0) is 4.79 Å². The Hall–Kier alpha value is -2.24. The predicted octanol–water partition coefficient (Wildman–Crippen LogP) is 1.51. The van der Waals surface area contributed by atoms with Crippen molar-refractivity contribution in [1.82, 2.24) is 5.32 Å². The molecule has 0 aliphatic carbocycles. The predicted molar refractivity (Wildman–Crippen MR) is 75.8 cm³/mol. The fraction of sp³-hybridized carbons (Fsp3) is 0.429. The van der Waals surface area contributed by atoms with Crippen LogP contribution in [0.1, 0.15) is 31.1 Å². The molecule has 6 nitrogen and oxygen atoms in total. The Morgan fingerprint density at radius 1 is 1.35 bits per heavy atom. The zero-order valence-electron chi connectivity index (χ0n) is 11.8. The number of hydrogen-bond acceptors (Lipinski definition) is 4. The zero-order valence-corrected chi connectivity index (χ0v) is 11.8. The minimum atomic E-state index is -1.13. The molecule has 0 saturated carbocycles. The van der Waals surface area contributed by atoms with Gasteiger partial charge in [0.1, 0.15) is 11.3 Å². The summed E-state index contributed by atoms with van der Waals surface area (Å²) in [6.07, 6.45) is 0. The van der Waals surface area contributed by atoms with E-state index >= 15 is 0 Å². The Morgan fingerprint density at radius 3 is 2.55 bits per heavy atom. The van der Waals surface area contributed by atoms with Gasteiger partial charge in [0.2, 0.25) is 0 Å². The van der Waals surface area contributed by atoms with E-state index in [1.54, 1.807) is 0 Å². The van der Waals surface area contributed by atoms with Crippen molar-refractivity contribution in [3.05, 3.63) is 23.8 Å². The van der Waals surface area contributed by atoms with Gasteiger partial charge in [-0.2, -0.15) is 0 Å². The number of hydrogen-bond donors (Lipinski definition) is 3. The number of anilines is 1. The van der Waals surface area contributed by atoms with Gasteiger partial charge in [0.05, 0.1) is 0 Å². The van der Waals surface area contributed by atoms with E-state index in [1.165, 1.54) is 18.2 Å². The molecule has 1 aromatic rings. The maximum absolute atomic E-state index is 11.7. The summed E-state index contributed by atoms with van der Waals surface area (Å²) in [7, 11) is 0. The maximum Gasteiger partial charge on any atom is 0.339 e. The van der Waals surface area contributed by atoms with Crippen LogP contribution in [0.25, 0.3) is 0 Å². The molecule has 1 atom stereocenters. The molecule has 0 bridgehead atoms. The number of rotatable bonds is 6. The summed E-state index contributed by atoms with van der Waals surface area (Å²) >= 11 is 0. The van der Waals surface area contributed by atoms with E-state index < -0.39 is 5.97 Å². The van der Waals surface area contributed by atoms with Crippen molar-refractivity contribution in [2.75, 3.05) is 12.3 Å². The summed E-state index contributed by atoms with van der Waals surface area (Å²) < 4.78 is 5.25. The molecule has 0 radical (unpaired) electrons. The summed E-state index contributed by atoms with van der Waals surface area (Å²) in [6, 6.07) is 4.23. The van der Waals surface area contributed by atoms with E-state index in [0.717, 1.165) is 0 Å². The fourth-order valence-electron chi connectivity index (χ4n) is 1.44. The summed E-state index contributed by atoms with van der Waals surface area (Å²) in [5, 5.41) is 11.8. The van der Waals surface area contributed by atoms with Gasteiger partial charge in [-0.25, -0.2) is 4.79 Å². The van der Waals surface area contributed by atoms with Gasteiger partial charge in [0.15, 0.2) is 6.61 Å². The molecule has 1 rings (SSSR count). The molecule has 1 amide bonds. The lowest BCUT2D eigenvalue weighted by molar-refractivity contribution is -0.124.